The molecule has 0 saturated heterocycles. The van der Waals surface area contributed by atoms with Gasteiger partial charge >= 0.3 is 0 Å². The number of rotatable bonds is 1. The van der Waals surface area contributed by atoms with Crippen molar-refractivity contribution in [2.75, 3.05) is 0 Å². The van der Waals surface area contributed by atoms with Crippen LogP contribution in [0.25, 0.3) is 32.3 Å². The van der Waals surface area contributed by atoms with Crippen LogP contribution in [0.15, 0.2) is 24.3 Å². The Labute approximate surface area is 255 Å². The van der Waals surface area contributed by atoms with Gasteiger partial charge in [0.15, 0.2) is 0 Å². The van der Waals surface area contributed by atoms with Crippen LogP contribution >= 0.6 is 116 Å². The molecular formula is C26H8Cl10. The van der Waals surface area contributed by atoms with Gasteiger partial charge in [-0.25, -0.2) is 0 Å². The first kappa shape index (κ1) is 26.0. The van der Waals surface area contributed by atoms with Gasteiger partial charge in [-0.15, -0.1) is 0 Å². The van der Waals surface area contributed by atoms with Crippen molar-refractivity contribution >= 4 is 148 Å². The van der Waals surface area contributed by atoms with Crippen molar-refractivity contribution < 1.29 is 0 Å². The van der Waals surface area contributed by atoms with Crippen LogP contribution in [0.5, 0.6) is 0 Å². The molecule has 0 spiro atoms. The molecule has 36 heavy (non-hydrogen) atoms. The maximum absolute atomic E-state index is 6.95. The van der Waals surface area contributed by atoms with Gasteiger partial charge in [0, 0.05) is 27.5 Å². The van der Waals surface area contributed by atoms with Crippen LogP contribution in [-0.2, 0) is 0 Å². The number of hydrogen-bond donors (Lipinski definition) is 0. The van der Waals surface area contributed by atoms with Crippen molar-refractivity contribution in [3.63, 3.8) is 0 Å². The summed E-state index contributed by atoms with van der Waals surface area (Å²) in [7, 11) is 0. The Hall–Kier alpha value is -0.220. The first-order valence-electron chi connectivity index (χ1n) is 10.3. The molecule has 0 aromatic heterocycles. The number of hydrogen-bond acceptors (Lipinski definition) is 0. The van der Waals surface area contributed by atoms with E-state index in [0.29, 0.717) is 43.4 Å². The molecule has 0 heterocycles. The van der Waals surface area contributed by atoms with E-state index in [4.69, 9.17) is 116 Å². The third-order valence-corrected chi connectivity index (χ3v) is 11.1. The molecule has 1 aliphatic carbocycles. The molecule has 0 nitrogen and oxygen atoms in total. The van der Waals surface area contributed by atoms with E-state index in [1.54, 1.807) is 0 Å². The Kier molecular flexibility index (Phi) is 6.43. The van der Waals surface area contributed by atoms with Crippen LogP contribution < -0.4 is 0 Å². The Morgan fingerprint density at radius 2 is 0.722 bits per heavy atom. The monoisotopic (exact) mass is 670 g/mol. The van der Waals surface area contributed by atoms with Crippen molar-refractivity contribution in [1.29, 1.82) is 0 Å². The summed E-state index contributed by atoms with van der Waals surface area (Å²) in [6.07, 6.45) is 0. The molecule has 0 saturated carbocycles. The second-order valence-electron chi connectivity index (χ2n) is 8.56. The van der Waals surface area contributed by atoms with E-state index in [9.17, 15) is 0 Å². The Bertz CT molecular complexity index is 1730. The van der Waals surface area contributed by atoms with E-state index in [0.717, 1.165) is 11.1 Å². The van der Waals surface area contributed by atoms with Crippen LogP contribution in [0, 0.1) is 6.92 Å². The van der Waals surface area contributed by atoms with Crippen LogP contribution in [0.4, 0.5) is 0 Å². The van der Waals surface area contributed by atoms with E-state index in [2.05, 4.69) is 0 Å². The van der Waals surface area contributed by atoms with Crippen molar-refractivity contribution in [3.8, 4) is 0 Å². The summed E-state index contributed by atoms with van der Waals surface area (Å²) in [5.41, 5.74) is 3.28. The summed E-state index contributed by atoms with van der Waals surface area (Å²) in [5.74, 6) is -0.509. The minimum Gasteiger partial charge on any atom is -0.0823 e. The zero-order chi connectivity index (χ0) is 26.0. The minimum atomic E-state index is -0.509. The quantitative estimate of drug-likeness (QED) is 0.120. The van der Waals surface area contributed by atoms with E-state index in [-0.39, 0.29) is 50.2 Å². The smallest absolute Gasteiger partial charge is 0.0788 e. The van der Waals surface area contributed by atoms with E-state index >= 15 is 0 Å². The summed E-state index contributed by atoms with van der Waals surface area (Å²) in [4.78, 5) is 0. The van der Waals surface area contributed by atoms with Gasteiger partial charge in [-0.3, -0.25) is 0 Å². The predicted octanol–water partition coefficient (Wildman–Crippen LogP) is 13.5. The average Bonchev–Trinajstić information content (AvgIpc) is 2.85. The molecule has 1 aliphatic rings. The van der Waals surface area contributed by atoms with Crippen LogP contribution in [0.1, 0.15) is 28.2 Å². The number of aryl methyl sites for hydroxylation is 1. The molecule has 5 aromatic rings. The molecular weight excluding hydrogens is 667 g/mol. The van der Waals surface area contributed by atoms with Crippen molar-refractivity contribution in [2.45, 2.75) is 12.8 Å². The maximum Gasteiger partial charge on any atom is 0.0788 e. The van der Waals surface area contributed by atoms with Crippen molar-refractivity contribution in [2.24, 2.45) is 0 Å². The van der Waals surface area contributed by atoms with E-state index in [1.807, 2.05) is 31.2 Å². The second kappa shape index (κ2) is 8.90. The van der Waals surface area contributed by atoms with Gasteiger partial charge in [0.2, 0.25) is 0 Å². The molecule has 6 rings (SSSR count). The molecule has 0 unspecified atom stereocenters. The van der Waals surface area contributed by atoms with Gasteiger partial charge in [-0.05, 0) is 34.4 Å². The van der Waals surface area contributed by atoms with Crippen molar-refractivity contribution in [3.05, 3.63) is 96.7 Å². The van der Waals surface area contributed by atoms with Gasteiger partial charge in [0.1, 0.15) is 0 Å². The maximum atomic E-state index is 6.95. The molecule has 0 N–H and O–H groups in total. The topological polar surface area (TPSA) is 0 Å². The zero-order valence-corrected chi connectivity index (χ0v) is 25.2. The van der Waals surface area contributed by atoms with Gasteiger partial charge in [0.05, 0.1) is 50.2 Å². The fraction of sp³-hybridized carbons (Fsp3) is 0.0769. The lowest BCUT2D eigenvalue weighted by Gasteiger charge is -2.32. The first-order valence-corrected chi connectivity index (χ1v) is 14.1. The third kappa shape index (κ3) is 3.24. The van der Waals surface area contributed by atoms with Gasteiger partial charge in [0.25, 0.3) is 0 Å². The third-order valence-electron chi connectivity index (χ3n) is 6.72. The summed E-state index contributed by atoms with van der Waals surface area (Å²) in [5, 5.41) is 5.09. The lowest BCUT2D eigenvalue weighted by Crippen LogP contribution is -2.12. The molecule has 0 atom stereocenters. The highest BCUT2D eigenvalue weighted by molar-refractivity contribution is 6.62. The number of halogens is 10. The van der Waals surface area contributed by atoms with E-state index in [1.165, 1.54) is 0 Å². The lowest BCUT2D eigenvalue weighted by atomic mass is 9.74. The summed E-state index contributed by atoms with van der Waals surface area (Å²) >= 11 is 67.9. The van der Waals surface area contributed by atoms with Crippen LogP contribution in [-0.4, -0.2) is 0 Å². The molecule has 0 fully saturated rings. The van der Waals surface area contributed by atoms with Crippen LogP contribution in [0.2, 0.25) is 50.2 Å². The van der Waals surface area contributed by atoms with Gasteiger partial charge < -0.3 is 0 Å². The SMILES string of the molecule is Cc1ccc(C2c3c(Cl)c(Cl)c(Cl)c4c(Cl)c(Cl)c5c(Cl)c(Cl)c6c(Cl)c(Cl)c(Cl)c2c6c5c34)cc1. The molecule has 0 radical (unpaired) electrons. The molecule has 10 heteroatoms. The first-order chi connectivity index (χ1) is 17.0. The largest absolute Gasteiger partial charge is 0.0823 e. The van der Waals surface area contributed by atoms with Crippen LogP contribution in [0.3, 0.4) is 0 Å². The summed E-state index contributed by atoms with van der Waals surface area (Å²) in [6, 6.07) is 7.98. The predicted molar refractivity (Wildman–Crippen MR) is 161 cm³/mol. The Morgan fingerprint density at radius 1 is 0.389 bits per heavy atom. The normalized spacial score (nSPS) is 13.3. The van der Waals surface area contributed by atoms with E-state index < -0.39 is 5.92 Å². The fourth-order valence-corrected chi connectivity index (χ4v) is 8.13. The summed E-state index contributed by atoms with van der Waals surface area (Å²) in [6.45, 7) is 2.00. The Morgan fingerprint density at radius 3 is 1.11 bits per heavy atom. The molecule has 182 valence electrons. The molecule has 5 aromatic carbocycles. The zero-order valence-electron chi connectivity index (χ0n) is 17.7. The molecule has 0 amide bonds. The highest BCUT2D eigenvalue weighted by Gasteiger charge is 2.38. The minimum absolute atomic E-state index is 0.145. The van der Waals surface area contributed by atoms with Gasteiger partial charge in [-0.2, -0.15) is 0 Å². The second-order valence-corrected chi connectivity index (χ2v) is 12.3. The fourth-order valence-electron chi connectivity index (χ4n) is 5.20. The number of benzene rings is 5. The highest BCUT2D eigenvalue weighted by atomic mass is 35.5. The average molecular weight is 675 g/mol. The molecule has 0 aliphatic heterocycles. The molecule has 0 bridgehead atoms. The standard InChI is InChI=1S/C26H8Cl10/c1-6-2-4-7(5-3-6)8-12-10-9-11-13(8)18(28)26(36)24(34)16(11)22(32)20(30)14(9)19(29)21(31)15(10)23(33)25(35)17(12)27/h2-5,8H,1H3. The lowest BCUT2D eigenvalue weighted by molar-refractivity contribution is 0.998. The summed E-state index contributed by atoms with van der Waals surface area (Å²) < 4.78 is 0. The Balaban J connectivity index is 2.07. The van der Waals surface area contributed by atoms with Crippen molar-refractivity contribution in [1.82, 2.24) is 0 Å². The highest BCUT2D eigenvalue weighted by Crippen LogP contribution is 2.62. The van der Waals surface area contributed by atoms with Gasteiger partial charge in [-0.1, -0.05) is 146 Å².